The Morgan fingerprint density at radius 3 is 2.44 bits per heavy atom. The van der Waals surface area contributed by atoms with Crippen molar-refractivity contribution in [3.05, 3.63) is 74.2 Å². The maximum Gasteiger partial charge on any atom is 0.207 e. The molecular formula is C25H22BrN3O3S2. The molecule has 0 bridgehead atoms. The number of hydrogen-bond acceptors (Lipinski definition) is 8. The molecule has 0 radical (unpaired) electrons. The second-order valence-electron chi connectivity index (χ2n) is 7.57. The second-order valence-corrected chi connectivity index (χ2v) is 10.2. The number of nitrogens with zero attached hydrogens (tertiary/aromatic N) is 3. The van der Waals surface area contributed by atoms with Gasteiger partial charge in [0.1, 0.15) is 5.75 Å². The monoisotopic (exact) mass is 555 g/mol. The fourth-order valence-electron chi connectivity index (χ4n) is 3.93. The Labute approximate surface area is 214 Å². The Bertz CT molecular complexity index is 1340. The zero-order valence-electron chi connectivity index (χ0n) is 18.8. The lowest BCUT2D eigenvalue weighted by Crippen LogP contribution is -2.18. The fourth-order valence-corrected chi connectivity index (χ4v) is 6.02. The average Bonchev–Trinajstić information content (AvgIpc) is 3.63. The van der Waals surface area contributed by atoms with Crippen LogP contribution < -0.4 is 19.2 Å². The summed E-state index contributed by atoms with van der Waals surface area (Å²) < 4.78 is 17.2. The van der Waals surface area contributed by atoms with E-state index in [1.807, 2.05) is 35.3 Å². The van der Waals surface area contributed by atoms with Gasteiger partial charge in [-0.3, -0.25) is 0 Å². The first kappa shape index (κ1) is 22.9. The van der Waals surface area contributed by atoms with Crippen molar-refractivity contribution in [2.45, 2.75) is 12.5 Å². The molecule has 2 aromatic carbocycles. The van der Waals surface area contributed by atoms with Gasteiger partial charge in [-0.2, -0.15) is 5.10 Å². The topological polar surface area (TPSA) is 56.2 Å². The van der Waals surface area contributed by atoms with Gasteiger partial charge in [0.2, 0.25) is 5.13 Å². The molecule has 5 rings (SSSR count). The van der Waals surface area contributed by atoms with E-state index in [2.05, 4.69) is 44.9 Å². The Hall–Kier alpha value is -2.88. The summed E-state index contributed by atoms with van der Waals surface area (Å²) in [6.45, 7) is 0. The van der Waals surface area contributed by atoms with E-state index < -0.39 is 0 Å². The van der Waals surface area contributed by atoms with Gasteiger partial charge in [0, 0.05) is 17.4 Å². The van der Waals surface area contributed by atoms with Crippen LogP contribution in [0.5, 0.6) is 17.2 Å². The number of methoxy groups -OCH3 is 3. The molecule has 0 N–H and O–H groups in total. The number of hydrazone groups is 1. The van der Waals surface area contributed by atoms with Crippen molar-refractivity contribution in [2.75, 3.05) is 26.3 Å². The molecule has 34 heavy (non-hydrogen) atoms. The molecule has 2 aromatic heterocycles. The van der Waals surface area contributed by atoms with Crippen LogP contribution in [0.15, 0.2) is 68.9 Å². The first-order valence-electron chi connectivity index (χ1n) is 10.5. The van der Waals surface area contributed by atoms with Gasteiger partial charge in [0.15, 0.2) is 11.5 Å². The van der Waals surface area contributed by atoms with Gasteiger partial charge in [-0.15, -0.1) is 22.7 Å². The highest BCUT2D eigenvalue weighted by Gasteiger charge is 2.32. The van der Waals surface area contributed by atoms with Crippen LogP contribution in [0, 0.1) is 0 Å². The molecule has 0 aliphatic carbocycles. The summed E-state index contributed by atoms with van der Waals surface area (Å²) in [5.74, 6) is 2.20. The molecule has 3 heterocycles. The maximum absolute atomic E-state index is 5.56. The molecule has 4 aromatic rings. The summed E-state index contributed by atoms with van der Waals surface area (Å²) in [6.07, 6.45) is 0.777. The predicted molar refractivity (Wildman–Crippen MR) is 142 cm³/mol. The van der Waals surface area contributed by atoms with Gasteiger partial charge in [-0.1, -0.05) is 12.1 Å². The number of aromatic nitrogens is 1. The quantitative estimate of drug-likeness (QED) is 0.245. The van der Waals surface area contributed by atoms with E-state index in [1.54, 1.807) is 44.0 Å². The minimum absolute atomic E-state index is 0.00138. The highest BCUT2D eigenvalue weighted by molar-refractivity contribution is 9.10. The number of benzene rings is 2. The van der Waals surface area contributed by atoms with Crippen molar-refractivity contribution in [1.82, 2.24) is 4.98 Å². The lowest BCUT2D eigenvalue weighted by Gasteiger charge is -2.22. The lowest BCUT2D eigenvalue weighted by molar-refractivity contribution is 0.354. The van der Waals surface area contributed by atoms with Crippen molar-refractivity contribution in [1.29, 1.82) is 0 Å². The molecule has 1 aliphatic heterocycles. The minimum atomic E-state index is -0.00138. The minimum Gasteiger partial charge on any atom is -0.496 e. The maximum atomic E-state index is 5.56. The van der Waals surface area contributed by atoms with Crippen LogP contribution in [-0.2, 0) is 0 Å². The first-order chi connectivity index (χ1) is 16.6. The summed E-state index contributed by atoms with van der Waals surface area (Å²) in [7, 11) is 4.96. The van der Waals surface area contributed by atoms with Gasteiger partial charge in [0.05, 0.1) is 48.1 Å². The van der Waals surface area contributed by atoms with Gasteiger partial charge in [-0.25, -0.2) is 9.99 Å². The first-order valence-corrected chi connectivity index (χ1v) is 13.1. The van der Waals surface area contributed by atoms with Crippen molar-refractivity contribution in [3.8, 4) is 28.5 Å². The van der Waals surface area contributed by atoms with E-state index >= 15 is 0 Å². The third-order valence-electron chi connectivity index (χ3n) is 5.64. The largest absolute Gasteiger partial charge is 0.496 e. The van der Waals surface area contributed by atoms with Crippen LogP contribution in [0.25, 0.3) is 11.3 Å². The number of thiophene rings is 1. The van der Waals surface area contributed by atoms with E-state index in [-0.39, 0.29) is 6.04 Å². The molecule has 0 fully saturated rings. The van der Waals surface area contributed by atoms with Crippen molar-refractivity contribution < 1.29 is 14.2 Å². The van der Waals surface area contributed by atoms with Gasteiger partial charge >= 0.3 is 0 Å². The summed E-state index contributed by atoms with van der Waals surface area (Å²) in [5.41, 5.74) is 4.06. The molecule has 174 valence electrons. The highest BCUT2D eigenvalue weighted by Crippen LogP contribution is 2.42. The van der Waals surface area contributed by atoms with Crippen LogP contribution >= 0.6 is 38.6 Å². The molecule has 1 unspecified atom stereocenters. The summed E-state index contributed by atoms with van der Waals surface area (Å²) >= 11 is 6.85. The Kier molecular flexibility index (Phi) is 6.58. The molecule has 0 saturated carbocycles. The third kappa shape index (κ3) is 4.31. The van der Waals surface area contributed by atoms with Crippen LogP contribution in [0.3, 0.4) is 0 Å². The summed E-state index contributed by atoms with van der Waals surface area (Å²) in [6, 6.07) is 16.2. The molecule has 1 atom stereocenters. The molecule has 0 amide bonds. The molecule has 6 nitrogen and oxygen atoms in total. The van der Waals surface area contributed by atoms with Crippen molar-refractivity contribution in [3.63, 3.8) is 0 Å². The lowest BCUT2D eigenvalue weighted by atomic mass is 10.0. The van der Waals surface area contributed by atoms with Crippen LogP contribution in [0.4, 0.5) is 5.13 Å². The average molecular weight is 557 g/mol. The number of ether oxygens (including phenoxy) is 3. The summed E-state index contributed by atoms with van der Waals surface area (Å²) in [5, 5.41) is 12.0. The normalized spacial score (nSPS) is 15.4. The van der Waals surface area contributed by atoms with E-state index in [4.69, 9.17) is 24.3 Å². The molecule has 0 spiro atoms. The predicted octanol–water partition coefficient (Wildman–Crippen LogP) is 7.02. The van der Waals surface area contributed by atoms with Gasteiger partial charge < -0.3 is 14.2 Å². The zero-order valence-corrected chi connectivity index (χ0v) is 22.0. The van der Waals surface area contributed by atoms with E-state index in [0.717, 1.165) is 44.3 Å². The van der Waals surface area contributed by atoms with Crippen molar-refractivity contribution in [2.24, 2.45) is 5.10 Å². The summed E-state index contributed by atoms with van der Waals surface area (Å²) in [4.78, 5) is 6.12. The number of halogens is 1. The van der Waals surface area contributed by atoms with Crippen molar-refractivity contribution >= 4 is 49.4 Å². The SMILES string of the molecule is COc1ccc(-c2csc(N3N=C(c4cccs4)CC3c3ccc(OC)c(OC)c3)n2)cc1Br. The highest BCUT2D eigenvalue weighted by atomic mass is 79.9. The molecule has 1 aliphatic rings. The smallest absolute Gasteiger partial charge is 0.207 e. The second kappa shape index (κ2) is 9.77. The molecule has 0 saturated heterocycles. The van der Waals surface area contributed by atoms with Gasteiger partial charge in [0.25, 0.3) is 0 Å². The number of rotatable bonds is 7. The number of hydrogen-bond donors (Lipinski definition) is 0. The van der Waals surface area contributed by atoms with E-state index in [1.165, 1.54) is 4.88 Å². The fraction of sp³-hybridized carbons (Fsp3) is 0.200. The molecular weight excluding hydrogens is 534 g/mol. The molecule has 9 heteroatoms. The van der Waals surface area contributed by atoms with E-state index in [0.29, 0.717) is 11.5 Å². The van der Waals surface area contributed by atoms with Crippen LogP contribution in [-0.4, -0.2) is 32.0 Å². The number of anilines is 1. The zero-order chi connectivity index (χ0) is 23.7. The van der Waals surface area contributed by atoms with E-state index in [9.17, 15) is 0 Å². The van der Waals surface area contributed by atoms with Crippen LogP contribution in [0.1, 0.15) is 22.9 Å². The van der Waals surface area contributed by atoms with Crippen LogP contribution in [0.2, 0.25) is 0 Å². The van der Waals surface area contributed by atoms with Gasteiger partial charge in [-0.05, 0) is 63.3 Å². The Morgan fingerprint density at radius 1 is 0.941 bits per heavy atom. The Morgan fingerprint density at radius 2 is 1.74 bits per heavy atom. The Balaban J connectivity index is 1.52. The third-order valence-corrected chi connectivity index (χ3v) is 8.01. The number of thiazole rings is 1. The standard InChI is InChI=1S/C25H22BrN3O3S2/c1-30-21-8-6-15(11-17(21)26)19-14-34-25(27-19)29-20(13-18(28-29)24-5-4-10-33-24)16-7-9-22(31-2)23(12-16)32-3/h4-12,14,20H,13H2,1-3H3.